The van der Waals surface area contributed by atoms with Gasteiger partial charge in [0.1, 0.15) is 6.10 Å². The molecule has 0 amide bonds. The van der Waals surface area contributed by atoms with Crippen molar-refractivity contribution in [2.24, 2.45) is 5.92 Å². The number of fused-ring (bicyclic) bond motifs is 1. The Kier molecular flexibility index (Phi) is 3.02. The van der Waals surface area contributed by atoms with Gasteiger partial charge in [-0.1, -0.05) is 31.2 Å². The Morgan fingerprint density at radius 2 is 2.17 bits per heavy atom. The third-order valence-corrected chi connectivity index (χ3v) is 3.77. The minimum Gasteiger partial charge on any atom is -0.386 e. The summed E-state index contributed by atoms with van der Waals surface area (Å²) < 4.78 is 5.65. The van der Waals surface area contributed by atoms with Gasteiger partial charge < -0.3 is 9.84 Å². The van der Waals surface area contributed by atoms with E-state index in [0.29, 0.717) is 5.92 Å². The standard InChI is InChI=1S/C15H17NO2/c1-10-6-7-18-15(10)14(17)13-9-16-8-11-4-2-3-5-12(11)13/h2-5,8-10,14-15,17H,6-7H2,1H3. The van der Waals surface area contributed by atoms with Crippen LogP contribution in [0.25, 0.3) is 10.8 Å². The summed E-state index contributed by atoms with van der Waals surface area (Å²) in [4.78, 5) is 4.21. The van der Waals surface area contributed by atoms with Crippen molar-refractivity contribution in [3.63, 3.8) is 0 Å². The minimum absolute atomic E-state index is 0.113. The quantitative estimate of drug-likeness (QED) is 0.881. The average molecular weight is 243 g/mol. The fraction of sp³-hybridized carbons (Fsp3) is 0.400. The molecule has 1 aromatic carbocycles. The minimum atomic E-state index is -0.596. The maximum atomic E-state index is 10.5. The monoisotopic (exact) mass is 243 g/mol. The second kappa shape index (κ2) is 4.67. The zero-order valence-corrected chi connectivity index (χ0v) is 10.4. The molecule has 0 radical (unpaired) electrons. The molecule has 1 fully saturated rings. The van der Waals surface area contributed by atoms with Crippen LogP contribution in [0.1, 0.15) is 25.0 Å². The van der Waals surface area contributed by atoms with Gasteiger partial charge in [-0.05, 0) is 17.7 Å². The topological polar surface area (TPSA) is 42.4 Å². The van der Waals surface area contributed by atoms with Crippen molar-refractivity contribution in [2.45, 2.75) is 25.6 Å². The van der Waals surface area contributed by atoms with Gasteiger partial charge in [0.15, 0.2) is 0 Å². The van der Waals surface area contributed by atoms with Crippen molar-refractivity contribution in [1.82, 2.24) is 4.98 Å². The van der Waals surface area contributed by atoms with E-state index in [1.807, 2.05) is 30.5 Å². The Morgan fingerprint density at radius 1 is 1.33 bits per heavy atom. The van der Waals surface area contributed by atoms with Crippen molar-refractivity contribution in [1.29, 1.82) is 0 Å². The van der Waals surface area contributed by atoms with Crippen LogP contribution in [0.3, 0.4) is 0 Å². The SMILES string of the molecule is CC1CCOC1C(O)c1cncc2ccccc12. The van der Waals surface area contributed by atoms with Gasteiger partial charge in [-0.25, -0.2) is 0 Å². The van der Waals surface area contributed by atoms with Crippen LogP contribution in [0, 0.1) is 5.92 Å². The van der Waals surface area contributed by atoms with Gasteiger partial charge in [0.05, 0.1) is 6.10 Å². The molecule has 2 heterocycles. The molecule has 0 spiro atoms. The van der Waals surface area contributed by atoms with Crippen LogP contribution < -0.4 is 0 Å². The van der Waals surface area contributed by atoms with E-state index in [9.17, 15) is 5.11 Å². The van der Waals surface area contributed by atoms with Crippen LogP contribution in [0.4, 0.5) is 0 Å². The Morgan fingerprint density at radius 3 is 2.94 bits per heavy atom. The van der Waals surface area contributed by atoms with Gasteiger partial charge in [0, 0.05) is 30.0 Å². The molecular weight excluding hydrogens is 226 g/mol. The number of hydrogen-bond acceptors (Lipinski definition) is 3. The number of ether oxygens (including phenoxy) is 1. The van der Waals surface area contributed by atoms with E-state index < -0.39 is 6.10 Å². The summed E-state index contributed by atoms with van der Waals surface area (Å²) >= 11 is 0. The predicted molar refractivity (Wildman–Crippen MR) is 70.2 cm³/mol. The van der Waals surface area contributed by atoms with Crippen molar-refractivity contribution < 1.29 is 9.84 Å². The van der Waals surface area contributed by atoms with Gasteiger partial charge >= 0.3 is 0 Å². The van der Waals surface area contributed by atoms with E-state index >= 15 is 0 Å². The Bertz CT molecular complexity index is 550. The smallest absolute Gasteiger partial charge is 0.107 e. The zero-order valence-electron chi connectivity index (χ0n) is 10.4. The molecule has 3 rings (SSSR count). The molecule has 1 aliphatic rings. The highest BCUT2D eigenvalue weighted by atomic mass is 16.5. The summed E-state index contributed by atoms with van der Waals surface area (Å²) in [6.45, 7) is 2.86. The van der Waals surface area contributed by atoms with Gasteiger partial charge in [0.25, 0.3) is 0 Å². The zero-order chi connectivity index (χ0) is 12.5. The highest BCUT2D eigenvalue weighted by molar-refractivity contribution is 5.84. The lowest BCUT2D eigenvalue weighted by molar-refractivity contribution is -0.0172. The number of aromatic nitrogens is 1. The van der Waals surface area contributed by atoms with E-state index in [1.165, 1.54) is 0 Å². The normalized spacial score (nSPS) is 25.4. The first kappa shape index (κ1) is 11.6. The fourth-order valence-corrected chi connectivity index (χ4v) is 2.67. The van der Waals surface area contributed by atoms with Crippen LogP contribution in [0.5, 0.6) is 0 Å². The number of benzene rings is 1. The maximum absolute atomic E-state index is 10.5. The lowest BCUT2D eigenvalue weighted by Crippen LogP contribution is -2.23. The molecule has 1 saturated heterocycles. The number of nitrogens with zero attached hydrogens (tertiary/aromatic N) is 1. The molecule has 18 heavy (non-hydrogen) atoms. The molecule has 3 unspecified atom stereocenters. The molecular formula is C15H17NO2. The second-order valence-corrected chi connectivity index (χ2v) is 5.00. The van der Waals surface area contributed by atoms with E-state index in [2.05, 4.69) is 11.9 Å². The van der Waals surface area contributed by atoms with Crippen LogP contribution in [-0.4, -0.2) is 22.8 Å². The van der Waals surface area contributed by atoms with Crippen LogP contribution in [0.15, 0.2) is 36.7 Å². The highest BCUT2D eigenvalue weighted by Crippen LogP contribution is 2.33. The largest absolute Gasteiger partial charge is 0.386 e. The average Bonchev–Trinajstić information content (AvgIpc) is 2.83. The van der Waals surface area contributed by atoms with Crippen molar-refractivity contribution in [3.05, 3.63) is 42.2 Å². The molecule has 2 aromatic rings. The first-order valence-corrected chi connectivity index (χ1v) is 6.39. The molecule has 0 bridgehead atoms. The van der Waals surface area contributed by atoms with Crippen molar-refractivity contribution >= 4 is 10.8 Å². The second-order valence-electron chi connectivity index (χ2n) is 5.00. The number of hydrogen-bond donors (Lipinski definition) is 1. The first-order chi connectivity index (χ1) is 8.77. The molecule has 0 saturated carbocycles. The number of aliphatic hydroxyl groups is 1. The van der Waals surface area contributed by atoms with Crippen molar-refractivity contribution in [2.75, 3.05) is 6.61 Å². The Hall–Kier alpha value is -1.45. The summed E-state index contributed by atoms with van der Waals surface area (Å²) in [5.74, 6) is 0.388. The lowest BCUT2D eigenvalue weighted by atomic mass is 9.93. The Balaban J connectivity index is 2.03. The Labute approximate surface area is 106 Å². The molecule has 1 aromatic heterocycles. The van der Waals surface area contributed by atoms with Crippen LogP contribution in [0.2, 0.25) is 0 Å². The van der Waals surface area contributed by atoms with Crippen molar-refractivity contribution in [3.8, 4) is 0 Å². The number of aliphatic hydroxyl groups excluding tert-OH is 1. The van der Waals surface area contributed by atoms with E-state index in [0.717, 1.165) is 29.4 Å². The van der Waals surface area contributed by atoms with E-state index in [4.69, 9.17) is 4.74 Å². The van der Waals surface area contributed by atoms with Gasteiger partial charge in [-0.3, -0.25) is 4.98 Å². The highest BCUT2D eigenvalue weighted by Gasteiger charge is 2.32. The molecule has 3 heteroatoms. The van der Waals surface area contributed by atoms with Gasteiger partial charge in [-0.2, -0.15) is 0 Å². The fourth-order valence-electron chi connectivity index (χ4n) is 2.67. The molecule has 3 nitrogen and oxygen atoms in total. The molecule has 1 N–H and O–H groups in total. The van der Waals surface area contributed by atoms with Gasteiger partial charge in [0.2, 0.25) is 0 Å². The lowest BCUT2D eigenvalue weighted by Gasteiger charge is -2.22. The molecule has 94 valence electrons. The molecule has 1 aliphatic heterocycles. The third kappa shape index (κ3) is 1.89. The summed E-state index contributed by atoms with van der Waals surface area (Å²) in [7, 11) is 0. The van der Waals surface area contributed by atoms with Gasteiger partial charge in [-0.15, -0.1) is 0 Å². The molecule has 3 atom stereocenters. The van der Waals surface area contributed by atoms with Crippen LogP contribution in [-0.2, 0) is 4.74 Å². The number of pyridine rings is 1. The van der Waals surface area contributed by atoms with E-state index in [1.54, 1.807) is 6.20 Å². The summed E-state index contributed by atoms with van der Waals surface area (Å²) in [6, 6.07) is 8.00. The summed E-state index contributed by atoms with van der Waals surface area (Å²) in [5.41, 5.74) is 0.867. The maximum Gasteiger partial charge on any atom is 0.107 e. The summed E-state index contributed by atoms with van der Waals surface area (Å²) in [6.07, 6.45) is 3.88. The predicted octanol–water partition coefficient (Wildman–Crippen LogP) is 2.69. The summed E-state index contributed by atoms with van der Waals surface area (Å²) in [5, 5.41) is 12.6. The molecule has 0 aliphatic carbocycles. The van der Waals surface area contributed by atoms with Crippen LogP contribution >= 0.6 is 0 Å². The van der Waals surface area contributed by atoms with E-state index in [-0.39, 0.29) is 6.10 Å². The third-order valence-electron chi connectivity index (χ3n) is 3.77. The number of rotatable bonds is 2. The first-order valence-electron chi connectivity index (χ1n) is 6.39.